The molecule has 4 saturated heterocycles. The summed E-state index contributed by atoms with van der Waals surface area (Å²) in [7, 11) is 0. The number of pyridine rings is 1. The van der Waals surface area contributed by atoms with Gasteiger partial charge >= 0.3 is 24.6 Å². The van der Waals surface area contributed by atoms with Gasteiger partial charge in [-0.1, -0.05) is 83.9 Å². The molecule has 10 rings (SSSR count). The minimum absolute atomic E-state index is 0.0158. The number of nitrogens with zero attached hydrogens (tertiary/aromatic N) is 3. The average molecular weight is 1000 g/mol. The van der Waals surface area contributed by atoms with Crippen LogP contribution < -0.4 is 24.3 Å². The lowest BCUT2D eigenvalue weighted by Crippen LogP contribution is -2.52. The number of hydrogen-bond acceptors (Lipinski definition) is 11. The van der Waals surface area contributed by atoms with E-state index in [4.69, 9.17) is 46.9 Å². The van der Waals surface area contributed by atoms with E-state index in [1.54, 1.807) is 30.3 Å². The molecule has 1 saturated carbocycles. The molecule has 2 bridgehead atoms. The summed E-state index contributed by atoms with van der Waals surface area (Å²) in [6, 6.07) is 27.0. The van der Waals surface area contributed by atoms with Crippen molar-refractivity contribution in [2.24, 2.45) is 11.8 Å². The lowest BCUT2D eigenvalue weighted by atomic mass is 9.86. The summed E-state index contributed by atoms with van der Waals surface area (Å²) in [6.45, 7) is 1.24. The van der Waals surface area contributed by atoms with Gasteiger partial charge in [0.2, 0.25) is 0 Å². The van der Waals surface area contributed by atoms with Gasteiger partial charge in [-0.2, -0.15) is 13.5 Å². The zero-order chi connectivity index (χ0) is 48.7. The number of benzene rings is 4. The van der Waals surface area contributed by atoms with Gasteiger partial charge in [0.15, 0.2) is 23.9 Å². The van der Waals surface area contributed by atoms with Crippen molar-refractivity contribution in [2.75, 3.05) is 39.3 Å². The van der Waals surface area contributed by atoms with Crippen LogP contribution in [0.4, 0.5) is 13.6 Å². The summed E-state index contributed by atoms with van der Waals surface area (Å²) < 4.78 is 55.9. The molecule has 1 aromatic heterocycles. The zero-order valence-electron chi connectivity index (χ0n) is 38.4. The van der Waals surface area contributed by atoms with Crippen LogP contribution in [0.15, 0.2) is 109 Å². The first-order chi connectivity index (χ1) is 33.9. The van der Waals surface area contributed by atoms with Crippen LogP contribution in [-0.4, -0.2) is 85.9 Å². The van der Waals surface area contributed by atoms with Gasteiger partial charge in [-0.15, -0.1) is 0 Å². The third-order valence-corrected chi connectivity index (χ3v) is 14.2. The number of carbonyl (C=O) groups is 3. The summed E-state index contributed by atoms with van der Waals surface area (Å²) in [6.07, 6.45) is 6.53. The maximum atomic E-state index is 14.1. The molecule has 0 radical (unpaired) electrons. The van der Waals surface area contributed by atoms with Crippen LogP contribution >= 0.6 is 23.2 Å². The van der Waals surface area contributed by atoms with Crippen molar-refractivity contribution in [1.82, 2.24) is 15.1 Å². The normalized spacial score (nSPS) is 20.6. The first kappa shape index (κ1) is 49.0. The summed E-state index contributed by atoms with van der Waals surface area (Å²) >= 11 is 13.0. The van der Waals surface area contributed by atoms with Crippen LogP contribution in [0.3, 0.4) is 0 Å². The quantitative estimate of drug-likeness (QED) is 0.0366. The average Bonchev–Trinajstić information content (AvgIpc) is 4.07. The fourth-order valence-corrected chi connectivity index (χ4v) is 10.2. The molecule has 1 aliphatic carbocycles. The maximum Gasteiger partial charge on any atom is 0.408 e. The Labute approximate surface area is 415 Å². The molecule has 368 valence electrons. The van der Waals surface area contributed by atoms with Crippen LogP contribution in [0.1, 0.15) is 88.8 Å². The second-order valence-electron chi connectivity index (χ2n) is 18.4. The molecule has 17 heteroatoms. The van der Waals surface area contributed by atoms with Crippen LogP contribution in [0.2, 0.25) is 10.0 Å². The van der Waals surface area contributed by atoms with Crippen LogP contribution in [0.25, 0.3) is 0 Å². The lowest BCUT2D eigenvalue weighted by molar-refractivity contribution is -0.605. The van der Waals surface area contributed by atoms with Gasteiger partial charge in [0.1, 0.15) is 34.0 Å². The number of alkyl halides is 2. The van der Waals surface area contributed by atoms with Gasteiger partial charge in [0.25, 0.3) is 0 Å². The van der Waals surface area contributed by atoms with Crippen molar-refractivity contribution in [3.8, 4) is 17.2 Å². The second kappa shape index (κ2) is 22.4. The van der Waals surface area contributed by atoms with Gasteiger partial charge in [0.05, 0.1) is 18.2 Å². The molecule has 1 amide bonds. The molecule has 4 aromatic carbocycles. The highest BCUT2D eigenvalue weighted by Gasteiger charge is 2.38. The minimum atomic E-state index is -3.08. The molecule has 5 aliphatic rings. The minimum Gasteiger partial charge on any atom is -0.619 e. The van der Waals surface area contributed by atoms with Gasteiger partial charge in [-0.3, -0.25) is 14.6 Å². The molecule has 4 atom stereocenters. The van der Waals surface area contributed by atoms with Crippen molar-refractivity contribution in [1.29, 1.82) is 0 Å². The van der Waals surface area contributed by atoms with Crippen molar-refractivity contribution < 1.29 is 51.6 Å². The Kier molecular flexibility index (Phi) is 15.7. The number of amides is 1. The van der Waals surface area contributed by atoms with Crippen LogP contribution in [0, 0.1) is 17.0 Å². The van der Waals surface area contributed by atoms with Gasteiger partial charge in [-0.25, -0.2) is 9.59 Å². The summed E-state index contributed by atoms with van der Waals surface area (Å²) in [5, 5.41) is 15.3. The number of nitrogens with one attached hydrogen (secondary N) is 1. The monoisotopic (exact) mass is 998 g/mol. The van der Waals surface area contributed by atoms with Crippen molar-refractivity contribution in [2.45, 2.75) is 82.3 Å². The van der Waals surface area contributed by atoms with E-state index in [9.17, 15) is 28.4 Å². The van der Waals surface area contributed by atoms with E-state index < -0.39 is 42.8 Å². The number of aromatic nitrogens is 1. The molecular weight excluding hydrogens is 946 g/mol. The van der Waals surface area contributed by atoms with Gasteiger partial charge in [-0.05, 0) is 135 Å². The molecular formula is C53H54Cl2F2N4O9. The molecule has 0 unspecified atom stereocenters. The Morgan fingerprint density at radius 2 is 1.56 bits per heavy atom. The van der Waals surface area contributed by atoms with Crippen molar-refractivity contribution >= 4 is 41.2 Å². The number of piperidine rings is 3. The number of alkyl carbamates (subject to hydrolysis) is 1. The molecule has 70 heavy (non-hydrogen) atoms. The second-order valence-corrected chi connectivity index (χ2v) is 19.2. The fourth-order valence-electron chi connectivity index (χ4n) is 9.59. The van der Waals surface area contributed by atoms with E-state index in [1.807, 2.05) is 48.5 Å². The van der Waals surface area contributed by atoms with E-state index in [1.165, 1.54) is 18.2 Å². The Morgan fingerprint density at radius 1 is 0.814 bits per heavy atom. The Morgan fingerprint density at radius 3 is 2.26 bits per heavy atom. The zero-order valence-corrected chi connectivity index (χ0v) is 39.9. The predicted molar refractivity (Wildman–Crippen MR) is 256 cm³/mol. The summed E-state index contributed by atoms with van der Waals surface area (Å²) in [4.78, 5) is 45.4. The maximum absolute atomic E-state index is 14.1. The Bertz CT molecular complexity index is 2610. The molecule has 0 spiro atoms. The molecule has 5 fully saturated rings. The Hall–Kier alpha value is -6.00. The number of fused-ring (bicyclic) bond motifs is 3. The van der Waals surface area contributed by atoms with Crippen LogP contribution in [0.5, 0.6) is 17.2 Å². The van der Waals surface area contributed by atoms with Gasteiger partial charge < -0.3 is 34.2 Å². The van der Waals surface area contributed by atoms with E-state index in [0.29, 0.717) is 77.1 Å². The molecule has 13 nitrogen and oxygen atoms in total. The Balaban J connectivity index is 0.831. The highest BCUT2D eigenvalue weighted by molar-refractivity contribution is 6.35. The lowest BCUT2D eigenvalue weighted by Gasteiger charge is -2.43. The van der Waals surface area contributed by atoms with E-state index in [2.05, 4.69) is 15.1 Å². The number of rotatable bonds is 19. The smallest absolute Gasteiger partial charge is 0.408 e. The number of halogens is 4. The molecule has 5 heterocycles. The summed E-state index contributed by atoms with van der Waals surface area (Å²) in [5.74, 6) is -0.0688. The molecule has 5 aromatic rings. The standard InChI is InChI=1S/C53H54Cl2F2N4O9/c54-42-29-61(65)30-43(55)41(42)28-46(37-15-18-45(69-52(56)57)47(27-37)66-32-34-11-12-34)68-51(63)44-10-5-22-60(44)25-19-33-13-16-40(17-14-33)67-50(62)39-9-4-8-38(26-39)49(36-6-2-1-3-7-36)58-53(64)70-48-31-59-23-20-35(48)21-24-59/h1-4,6-9,13-18,26-27,29-30,34-35,44,46,48-49,52H,5,10-12,19-25,28,31-32H2,(H,58,64)/t44-,46-,48-,49-/m0/s1. The number of likely N-dealkylation sites (tertiary alicyclic amines) is 1. The highest BCUT2D eigenvalue weighted by Crippen LogP contribution is 2.39. The highest BCUT2D eigenvalue weighted by atomic mass is 35.5. The first-order valence-electron chi connectivity index (χ1n) is 23.8. The first-order valence-corrected chi connectivity index (χ1v) is 24.6. The van der Waals surface area contributed by atoms with E-state index in [-0.39, 0.29) is 34.1 Å². The van der Waals surface area contributed by atoms with Crippen molar-refractivity contribution in [3.63, 3.8) is 0 Å². The number of carbonyl (C=O) groups excluding carboxylic acids is 3. The third-order valence-electron chi connectivity index (χ3n) is 13.6. The predicted octanol–water partition coefficient (Wildman–Crippen LogP) is 9.68. The van der Waals surface area contributed by atoms with Crippen molar-refractivity contribution in [3.05, 3.63) is 158 Å². The SMILES string of the molecule is O=C(N[C@@H](c1ccccc1)c1cccc(C(=O)Oc2ccc(CCN3CCC[C@H]3C(=O)O[C@@H](Cc3c(Cl)c[n+]([O-])cc3Cl)c3ccc(OC(F)F)c(OCC4CC4)c3)cc2)c1)O[C@H]1CN2CCC1CC2. The number of hydrogen-bond donors (Lipinski definition) is 1. The number of ether oxygens (including phenoxy) is 5. The number of esters is 2. The topological polar surface area (TPSA) is 143 Å². The van der Waals surface area contributed by atoms with E-state index >= 15 is 0 Å². The summed E-state index contributed by atoms with van der Waals surface area (Å²) in [5.41, 5.74) is 3.61. The van der Waals surface area contributed by atoms with Crippen LogP contribution in [-0.2, 0) is 27.1 Å². The van der Waals surface area contributed by atoms with Gasteiger partial charge in [0, 0.05) is 25.1 Å². The molecule has 1 N–H and O–H groups in total. The largest absolute Gasteiger partial charge is 0.619 e. The fraction of sp³-hybridized carbons (Fsp3) is 0.396. The van der Waals surface area contributed by atoms with E-state index in [0.717, 1.165) is 75.3 Å². The molecule has 4 aliphatic heterocycles. The third kappa shape index (κ3) is 12.5.